The van der Waals surface area contributed by atoms with Crippen molar-refractivity contribution in [3.05, 3.63) is 30.0 Å². The zero-order valence-corrected chi connectivity index (χ0v) is 10.5. The predicted molar refractivity (Wildman–Crippen MR) is 67.8 cm³/mol. The van der Waals surface area contributed by atoms with Gasteiger partial charge in [0.1, 0.15) is 0 Å². The lowest BCUT2D eigenvalue weighted by Gasteiger charge is -2.10. The molecular weight excluding hydrogens is 214 g/mol. The van der Waals surface area contributed by atoms with Crippen molar-refractivity contribution in [1.82, 2.24) is 14.7 Å². The van der Waals surface area contributed by atoms with Gasteiger partial charge >= 0.3 is 0 Å². The molecule has 1 amide bonds. The third kappa shape index (κ3) is 2.30. The summed E-state index contributed by atoms with van der Waals surface area (Å²) < 4.78 is 1.89. The Morgan fingerprint density at radius 1 is 1.41 bits per heavy atom. The van der Waals surface area contributed by atoms with Crippen molar-refractivity contribution in [2.45, 2.75) is 19.9 Å². The van der Waals surface area contributed by atoms with Crippen LogP contribution in [-0.2, 0) is 11.3 Å². The summed E-state index contributed by atoms with van der Waals surface area (Å²) in [4.78, 5) is 13.1. The molecule has 0 saturated carbocycles. The summed E-state index contributed by atoms with van der Waals surface area (Å²) in [7, 11) is 3.54. The molecule has 4 heteroatoms. The van der Waals surface area contributed by atoms with E-state index < -0.39 is 0 Å². The average Bonchev–Trinajstić information content (AvgIpc) is 2.70. The third-order valence-corrected chi connectivity index (χ3v) is 2.94. The van der Waals surface area contributed by atoms with Crippen molar-refractivity contribution in [2.24, 2.45) is 0 Å². The van der Waals surface area contributed by atoms with Gasteiger partial charge in [0.25, 0.3) is 0 Å². The van der Waals surface area contributed by atoms with Crippen LogP contribution in [-0.4, -0.2) is 34.7 Å². The number of amides is 1. The number of aryl methyl sites for hydroxylation is 2. The number of carbonyl (C=O) groups excluding carboxylic acids is 1. The first kappa shape index (κ1) is 11.6. The molecule has 17 heavy (non-hydrogen) atoms. The van der Waals surface area contributed by atoms with Gasteiger partial charge in [-0.25, -0.2) is 0 Å². The predicted octanol–water partition coefficient (Wildman–Crippen LogP) is 1.82. The molecule has 90 valence electrons. The monoisotopic (exact) mass is 231 g/mol. The molecule has 0 radical (unpaired) electrons. The summed E-state index contributed by atoms with van der Waals surface area (Å²) >= 11 is 0. The van der Waals surface area contributed by atoms with Gasteiger partial charge < -0.3 is 4.90 Å². The second-order valence-electron chi connectivity index (χ2n) is 4.41. The maximum atomic E-state index is 11.5. The first-order valence-corrected chi connectivity index (χ1v) is 5.71. The zero-order chi connectivity index (χ0) is 12.4. The molecule has 0 unspecified atom stereocenters. The fraction of sp³-hybridized carbons (Fsp3) is 0.385. The van der Waals surface area contributed by atoms with Gasteiger partial charge in [0, 0.05) is 25.9 Å². The van der Waals surface area contributed by atoms with Crippen LogP contribution < -0.4 is 0 Å². The minimum Gasteiger partial charge on any atom is -0.349 e. The molecule has 0 N–H and O–H groups in total. The van der Waals surface area contributed by atoms with Gasteiger partial charge in [-0.2, -0.15) is 5.10 Å². The zero-order valence-electron chi connectivity index (χ0n) is 10.5. The lowest BCUT2D eigenvalue weighted by molar-refractivity contribution is -0.128. The van der Waals surface area contributed by atoms with E-state index in [9.17, 15) is 4.79 Å². The Bertz CT molecular complexity index is 543. The third-order valence-electron chi connectivity index (χ3n) is 2.94. The molecule has 2 rings (SSSR count). The van der Waals surface area contributed by atoms with Crippen LogP contribution in [0.3, 0.4) is 0 Å². The number of hydrogen-bond donors (Lipinski definition) is 0. The summed E-state index contributed by atoms with van der Waals surface area (Å²) in [6.07, 6.45) is 2.35. The number of nitrogens with zero attached hydrogens (tertiary/aromatic N) is 3. The molecule has 0 aliphatic heterocycles. The summed E-state index contributed by atoms with van der Waals surface area (Å²) in [6.45, 7) is 2.70. The van der Waals surface area contributed by atoms with Crippen LogP contribution in [0.15, 0.2) is 24.4 Å². The molecule has 1 aromatic carbocycles. The Labute approximate surface area is 101 Å². The standard InChI is InChI=1S/C13H17N3O/c1-10-5-4-6-12-11(10)9-14-16(12)8-7-13(17)15(2)3/h4-6,9H,7-8H2,1-3H3. The minimum absolute atomic E-state index is 0.126. The molecule has 4 nitrogen and oxygen atoms in total. The van der Waals surface area contributed by atoms with E-state index in [1.807, 2.05) is 23.0 Å². The molecule has 0 spiro atoms. The van der Waals surface area contributed by atoms with E-state index in [4.69, 9.17) is 0 Å². The van der Waals surface area contributed by atoms with E-state index in [0.29, 0.717) is 13.0 Å². The van der Waals surface area contributed by atoms with E-state index in [1.54, 1.807) is 19.0 Å². The molecule has 1 heterocycles. The first-order chi connectivity index (χ1) is 8.09. The lowest BCUT2D eigenvalue weighted by Crippen LogP contribution is -2.23. The SMILES string of the molecule is Cc1cccc2c1cnn2CCC(=O)N(C)C. The summed E-state index contributed by atoms with van der Waals surface area (Å²) in [5.74, 6) is 0.126. The van der Waals surface area contributed by atoms with Gasteiger partial charge in [-0.1, -0.05) is 12.1 Å². The average molecular weight is 231 g/mol. The van der Waals surface area contributed by atoms with E-state index in [-0.39, 0.29) is 5.91 Å². The number of rotatable bonds is 3. The van der Waals surface area contributed by atoms with E-state index in [1.165, 1.54) is 5.56 Å². The molecular formula is C13H17N3O. The normalized spacial score (nSPS) is 10.8. The largest absolute Gasteiger partial charge is 0.349 e. The van der Waals surface area contributed by atoms with Crippen LogP contribution in [0.5, 0.6) is 0 Å². The second-order valence-corrected chi connectivity index (χ2v) is 4.41. The van der Waals surface area contributed by atoms with Crippen molar-refractivity contribution >= 4 is 16.8 Å². The quantitative estimate of drug-likeness (QED) is 0.808. The molecule has 2 aromatic rings. The van der Waals surface area contributed by atoms with Crippen LogP contribution in [0.2, 0.25) is 0 Å². The number of hydrogen-bond acceptors (Lipinski definition) is 2. The van der Waals surface area contributed by atoms with Crippen molar-refractivity contribution in [1.29, 1.82) is 0 Å². The van der Waals surface area contributed by atoms with Crippen LogP contribution in [0.1, 0.15) is 12.0 Å². The lowest BCUT2D eigenvalue weighted by atomic mass is 10.1. The number of aromatic nitrogens is 2. The molecule has 0 aliphatic carbocycles. The number of benzene rings is 1. The Morgan fingerprint density at radius 2 is 2.18 bits per heavy atom. The molecule has 0 atom stereocenters. The van der Waals surface area contributed by atoms with Gasteiger partial charge in [0.2, 0.25) is 5.91 Å². The smallest absolute Gasteiger partial charge is 0.223 e. The van der Waals surface area contributed by atoms with Gasteiger partial charge in [0.15, 0.2) is 0 Å². The Balaban J connectivity index is 2.20. The van der Waals surface area contributed by atoms with Crippen LogP contribution >= 0.6 is 0 Å². The van der Waals surface area contributed by atoms with Crippen LogP contribution in [0, 0.1) is 6.92 Å². The highest BCUT2D eigenvalue weighted by molar-refractivity contribution is 5.82. The fourth-order valence-electron chi connectivity index (χ4n) is 1.85. The second kappa shape index (κ2) is 4.57. The Morgan fingerprint density at radius 3 is 2.88 bits per heavy atom. The molecule has 0 fully saturated rings. The molecule has 0 bridgehead atoms. The van der Waals surface area contributed by atoms with E-state index in [0.717, 1.165) is 10.9 Å². The Kier molecular flexibility index (Phi) is 3.13. The first-order valence-electron chi connectivity index (χ1n) is 5.71. The molecule has 1 aromatic heterocycles. The molecule has 0 aliphatic rings. The van der Waals surface area contributed by atoms with Crippen molar-refractivity contribution in [3.8, 4) is 0 Å². The number of carbonyl (C=O) groups is 1. The minimum atomic E-state index is 0.126. The summed E-state index contributed by atoms with van der Waals surface area (Å²) in [5.41, 5.74) is 2.31. The number of fused-ring (bicyclic) bond motifs is 1. The topological polar surface area (TPSA) is 38.1 Å². The fourth-order valence-corrected chi connectivity index (χ4v) is 1.85. The van der Waals surface area contributed by atoms with Crippen LogP contribution in [0.25, 0.3) is 10.9 Å². The highest BCUT2D eigenvalue weighted by atomic mass is 16.2. The van der Waals surface area contributed by atoms with Crippen molar-refractivity contribution in [3.63, 3.8) is 0 Å². The van der Waals surface area contributed by atoms with Gasteiger partial charge in [-0.3, -0.25) is 9.48 Å². The summed E-state index contributed by atoms with van der Waals surface area (Å²) in [5, 5.41) is 5.49. The van der Waals surface area contributed by atoms with Gasteiger partial charge in [-0.05, 0) is 18.6 Å². The van der Waals surface area contributed by atoms with Gasteiger partial charge in [-0.15, -0.1) is 0 Å². The van der Waals surface area contributed by atoms with E-state index >= 15 is 0 Å². The highest BCUT2D eigenvalue weighted by Crippen LogP contribution is 2.17. The highest BCUT2D eigenvalue weighted by Gasteiger charge is 2.07. The van der Waals surface area contributed by atoms with Crippen molar-refractivity contribution < 1.29 is 4.79 Å². The van der Waals surface area contributed by atoms with Crippen molar-refractivity contribution in [2.75, 3.05) is 14.1 Å². The van der Waals surface area contributed by atoms with Crippen LogP contribution in [0.4, 0.5) is 0 Å². The summed E-state index contributed by atoms with van der Waals surface area (Å²) in [6, 6.07) is 6.12. The maximum Gasteiger partial charge on any atom is 0.223 e. The van der Waals surface area contributed by atoms with E-state index in [2.05, 4.69) is 18.1 Å². The maximum absolute atomic E-state index is 11.5. The van der Waals surface area contributed by atoms with Gasteiger partial charge in [0.05, 0.1) is 18.3 Å². The Hall–Kier alpha value is -1.84. The molecule has 0 saturated heterocycles.